The van der Waals surface area contributed by atoms with Crippen LogP contribution in [0.3, 0.4) is 0 Å². The molecule has 0 aliphatic heterocycles. The van der Waals surface area contributed by atoms with E-state index in [1.165, 1.54) is 12.1 Å². The highest BCUT2D eigenvalue weighted by atomic mass is 19.2. The topological polar surface area (TPSA) is 38.9 Å². The standard InChI is InChI=1S/C13H12F2N2/c1-8-5-6-17-11(7-8)13(16)9-3-2-4-10(14)12(9)15/h2-7,13H,16H2,1H3. The summed E-state index contributed by atoms with van der Waals surface area (Å²) in [6.45, 7) is 1.89. The Morgan fingerprint density at radius 3 is 2.71 bits per heavy atom. The lowest BCUT2D eigenvalue weighted by atomic mass is 10.0. The summed E-state index contributed by atoms with van der Waals surface area (Å²) in [7, 11) is 0. The van der Waals surface area contributed by atoms with Crippen LogP contribution in [0.2, 0.25) is 0 Å². The van der Waals surface area contributed by atoms with E-state index in [9.17, 15) is 8.78 Å². The average Bonchev–Trinajstić information content (AvgIpc) is 2.32. The molecule has 1 aromatic heterocycles. The fraction of sp³-hybridized carbons (Fsp3) is 0.154. The molecule has 2 rings (SSSR count). The SMILES string of the molecule is Cc1ccnc(C(N)c2cccc(F)c2F)c1. The van der Waals surface area contributed by atoms with Gasteiger partial charge in [-0.2, -0.15) is 0 Å². The predicted molar refractivity (Wildman–Crippen MR) is 61.4 cm³/mol. The summed E-state index contributed by atoms with van der Waals surface area (Å²) in [5.74, 6) is -1.81. The zero-order chi connectivity index (χ0) is 12.4. The molecule has 17 heavy (non-hydrogen) atoms. The second kappa shape index (κ2) is 4.59. The monoisotopic (exact) mass is 234 g/mol. The molecule has 0 spiro atoms. The third-order valence-electron chi connectivity index (χ3n) is 2.57. The number of nitrogens with zero attached hydrogens (tertiary/aromatic N) is 1. The molecule has 88 valence electrons. The number of rotatable bonds is 2. The van der Waals surface area contributed by atoms with Crippen molar-refractivity contribution in [1.82, 2.24) is 4.98 Å². The van der Waals surface area contributed by atoms with Crippen LogP contribution in [0, 0.1) is 18.6 Å². The molecule has 0 bridgehead atoms. The Bertz CT molecular complexity index is 541. The Morgan fingerprint density at radius 2 is 2.00 bits per heavy atom. The van der Waals surface area contributed by atoms with Gasteiger partial charge in [0.15, 0.2) is 11.6 Å². The van der Waals surface area contributed by atoms with Gasteiger partial charge in [0.25, 0.3) is 0 Å². The molecule has 0 amide bonds. The van der Waals surface area contributed by atoms with Gasteiger partial charge in [-0.3, -0.25) is 4.98 Å². The van der Waals surface area contributed by atoms with Crippen LogP contribution >= 0.6 is 0 Å². The van der Waals surface area contributed by atoms with Gasteiger partial charge in [0.05, 0.1) is 11.7 Å². The number of aromatic nitrogens is 1. The maximum absolute atomic E-state index is 13.6. The second-order valence-electron chi connectivity index (χ2n) is 3.88. The second-order valence-corrected chi connectivity index (χ2v) is 3.88. The molecule has 2 N–H and O–H groups in total. The van der Waals surface area contributed by atoms with Crippen molar-refractivity contribution < 1.29 is 8.78 Å². The van der Waals surface area contributed by atoms with E-state index >= 15 is 0 Å². The number of halogens is 2. The van der Waals surface area contributed by atoms with Crippen molar-refractivity contribution in [1.29, 1.82) is 0 Å². The van der Waals surface area contributed by atoms with E-state index in [0.717, 1.165) is 11.6 Å². The van der Waals surface area contributed by atoms with Crippen LogP contribution in [0.25, 0.3) is 0 Å². The van der Waals surface area contributed by atoms with E-state index in [4.69, 9.17) is 5.73 Å². The highest BCUT2D eigenvalue weighted by molar-refractivity contribution is 5.30. The lowest BCUT2D eigenvalue weighted by Crippen LogP contribution is -2.15. The van der Waals surface area contributed by atoms with Crippen LogP contribution < -0.4 is 5.73 Å². The Labute approximate surface area is 98.1 Å². The maximum Gasteiger partial charge on any atom is 0.163 e. The average molecular weight is 234 g/mol. The van der Waals surface area contributed by atoms with Gasteiger partial charge in [0, 0.05) is 11.8 Å². The zero-order valence-electron chi connectivity index (χ0n) is 9.32. The van der Waals surface area contributed by atoms with Gasteiger partial charge in [-0.25, -0.2) is 8.78 Å². The third kappa shape index (κ3) is 2.31. The van der Waals surface area contributed by atoms with Crippen LogP contribution in [0.15, 0.2) is 36.5 Å². The predicted octanol–water partition coefficient (Wildman–Crippen LogP) is 2.72. The minimum atomic E-state index is -0.914. The van der Waals surface area contributed by atoms with Gasteiger partial charge in [-0.1, -0.05) is 12.1 Å². The zero-order valence-corrected chi connectivity index (χ0v) is 9.32. The summed E-state index contributed by atoms with van der Waals surface area (Å²) in [6.07, 6.45) is 1.60. The highest BCUT2D eigenvalue weighted by Crippen LogP contribution is 2.22. The minimum absolute atomic E-state index is 0.114. The molecule has 2 aromatic rings. The van der Waals surface area contributed by atoms with Crippen LogP contribution in [-0.2, 0) is 0 Å². The van der Waals surface area contributed by atoms with Gasteiger partial charge in [0.1, 0.15) is 0 Å². The van der Waals surface area contributed by atoms with Crippen molar-refractivity contribution in [2.45, 2.75) is 13.0 Å². The largest absolute Gasteiger partial charge is 0.319 e. The molecule has 0 fully saturated rings. The summed E-state index contributed by atoms with van der Waals surface area (Å²) in [6, 6.07) is 6.78. The normalized spacial score (nSPS) is 12.5. The van der Waals surface area contributed by atoms with Crippen molar-refractivity contribution in [2.75, 3.05) is 0 Å². The Kier molecular flexibility index (Phi) is 3.15. The number of benzene rings is 1. The van der Waals surface area contributed by atoms with Crippen molar-refractivity contribution >= 4 is 0 Å². The Morgan fingerprint density at radius 1 is 1.24 bits per heavy atom. The first-order chi connectivity index (χ1) is 8.09. The third-order valence-corrected chi connectivity index (χ3v) is 2.57. The molecule has 0 radical (unpaired) electrons. The molecule has 0 saturated heterocycles. The molecule has 4 heteroatoms. The fourth-order valence-electron chi connectivity index (χ4n) is 1.65. The molecule has 2 nitrogen and oxygen atoms in total. The maximum atomic E-state index is 13.6. The molecule has 1 atom stereocenters. The number of aryl methyl sites for hydroxylation is 1. The number of nitrogens with two attached hydrogens (primary N) is 1. The van der Waals surface area contributed by atoms with E-state index in [0.29, 0.717) is 5.69 Å². The minimum Gasteiger partial charge on any atom is -0.319 e. The van der Waals surface area contributed by atoms with Crippen molar-refractivity contribution in [3.63, 3.8) is 0 Å². The van der Waals surface area contributed by atoms with E-state index in [2.05, 4.69) is 4.98 Å². The first-order valence-electron chi connectivity index (χ1n) is 5.21. The van der Waals surface area contributed by atoms with Crippen molar-refractivity contribution in [3.8, 4) is 0 Å². The molecule has 0 saturated carbocycles. The first kappa shape index (κ1) is 11.7. The number of hydrogen-bond acceptors (Lipinski definition) is 2. The summed E-state index contributed by atoms with van der Waals surface area (Å²) in [4.78, 5) is 4.07. The first-order valence-corrected chi connectivity index (χ1v) is 5.21. The number of hydrogen-bond donors (Lipinski definition) is 1. The molecule has 1 unspecified atom stereocenters. The molecule has 0 aliphatic carbocycles. The number of pyridine rings is 1. The molecular weight excluding hydrogens is 222 g/mol. The lowest BCUT2D eigenvalue weighted by Gasteiger charge is -2.13. The van der Waals surface area contributed by atoms with Crippen molar-refractivity contribution in [3.05, 3.63) is 65.0 Å². The van der Waals surface area contributed by atoms with Crippen LogP contribution in [0.1, 0.15) is 22.9 Å². The van der Waals surface area contributed by atoms with E-state index < -0.39 is 17.7 Å². The van der Waals surface area contributed by atoms with Crippen LogP contribution in [0.5, 0.6) is 0 Å². The highest BCUT2D eigenvalue weighted by Gasteiger charge is 2.17. The van der Waals surface area contributed by atoms with Crippen LogP contribution in [-0.4, -0.2) is 4.98 Å². The Hall–Kier alpha value is -1.81. The fourth-order valence-corrected chi connectivity index (χ4v) is 1.65. The van der Waals surface area contributed by atoms with Gasteiger partial charge in [-0.05, 0) is 30.7 Å². The molecule has 1 heterocycles. The lowest BCUT2D eigenvalue weighted by molar-refractivity contribution is 0.493. The molecule has 1 aromatic carbocycles. The van der Waals surface area contributed by atoms with Crippen molar-refractivity contribution in [2.24, 2.45) is 5.73 Å². The molecular formula is C13H12F2N2. The van der Waals surface area contributed by atoms with E-state index in [1.54, 1.807) is 12.3 Å². The summed E-state index contributed by atoms with van der Waals surface area (Å²) >= 11 is 0. The van der Waals surface area contributed by atoms with E-state index in [1.807, 2.05) is 13.0 Å². The van der Waals surface area contributed by atoms with E-state index in [-0.39, 0.29) is 5.56 Å². The molecule has 0 aliphatic rings. The quantitative estimate of drug-likeness (QED) is 0.867. The Balaban J connectivity index is 2.44. The smallest absolute Gasteiger partial charge is 0.163 e. The van der Waals surface area contributed by atoms with Gasteiger partial charge >= 0.3 is 0 Å². The van der Waals surface area contributed by atoms with Gasteiger partial charge in [0.2, 0.25) is 0 Å². The summed E-state index contributed by atoms with van der Waals surface area (Å²) in [5.41, 5.74) is 7.50. The van der Waals surface area contributed by atoms with Gasteiger partial charge < -0.3 is 5.73 Å². The van der Waals surface area contributed by atoms with Crippen LogP contribution in [0.4, 0.5) is 8.78 Å². The van der Waals surface area contributed by atoms with Gasteiger partial charge in [-0.15, -0.1) is 0 Å². The summed E-state index contributed by atoms with van der Waals surface area (Å²) < 4.78 is 26.6. The summed E-state index contributed by atoms with van der Waals surface area (Å²) in [5, 5.41) is 0.